The number of methoxy groups -OCH3 is 1. The Hall–Kier alpha value is -3.15. The van der Waals surface area contributed by atoms with Gasteiger partial charge in [-0.2, -0.15) is 0 Å². The van der Waals surface area contributed by atoms with Crippen LogP contribution < -0.4 is 4.74 Å². The maximum Gasteiger partial charge on any atom is 0.358 e. The first kappa shape index (κ1) is 13.8. The Morgan fingerprint density at radius 1 is 1.14 bits per heavy atom. The molecule has 0 aliphatic heterocycles. The minimum atomic E-state index is -1.12. The molecule has 0 aliphatic carbocycles. The summed E-state index contributed by atoms with van der Waals surface area (Å²) in [5, 5.41) is 17.1. The molecule has 0 saturated carbocycles. The number of carbonyl (C=O) groups is 1. The standard InChI is InChI=1S/C16H13N3O3/c1-22-13-9-5-8-12(10-13)19-15(11-6-3-2-4-7-11)14(16(20)21)17-18-19/h2-10H,1H3,(H,20,21). The predicted octanol–water partition coefficient (Wildman–Crippen LogP) is 2.64. The highest BCUT2D eigenvalue weighted by Crippen LogP contribution is 2.26. The summed E-state index contributed by atoms with van der Waals surface area (Å²) in [4.78, 5) is 11.4. The number of aromatic carboxylic acids is 1. The summed E-state index contributed by atoms with van der Waals surface area (Å²) in [6.07, 6.45) is 0. The minimum absolute atomic E-state index is 0.0889. The van der Waals surface area contributed by atoms with Crippen LogP contribution in [0, 0.1) is 0 Å². The molecule has 1 heterocycles. The van der Waals surface area contributed by atoms with Gasteiger partial charge in [0, 0.05) is 11.6 Å². The summed E-state index contributed by atoms with van der Waals surface area (Å²) in [6.45, 7) is 0. The highest BCUT2D eigenvalue weighted by molar-refractivity contribution is 5.93. The second-order valence-corrected chi connectivity index (χ2v) is 4.57. The predicted molar refractivity (Wildman–Crippen MR) is 80.3 cm³/mol. The van der Waals surface area contributed by atoms with E-state index in [1.165, 1.54) is 4.68 Å². The van der Waals surface area contributed by atoms with Crippen LogP contribution in [-0.2, 0) is 0 Å². The Labute approximate surface area is 126 Å². The zero-order valence-electron chi connectivity index (χ0n) is 11.8. The topological polar surface area (TPSA) is 77.2 Å². The Bertz CT molecular complexity index is 813. The molecule has 0 fully saturated rings. The van der Waals surface area contributed by atoms with Gasteiger partial charge in [0.1, 0.15) is 11.4 Å². The third-order valence-electron chi connectivity index (χ3n) is 3.22. The highest BCUT2D eigenvalue weighted by Gasteiger charge is 2.21. The van der Waals surface area contributed by atoms with Gasteiger partial charge >= 0.3 is 5.97 Å². The van der Waals surface area contributed by atoms with Gasteiger partial charge in [0.05, 0.1) is 12.8 Å². The number of carboxylic acid groups (broad SMARTS) is 1. The number of hydrogen-bond acceptors (Lipinski definition) is 4. The van der Waals surface area contributed by atoms with Crippen molar-refractivity contribution < 1.29 is 14.6 Å². The van der Waals surface area contributed by atoms with Crippen LogP contribution in [0.25, 0.3) is 16.9 Å². The van der Waals surface area contributed by atoms with Crippen molar-refractivity contribution >= 4 is 5.97 Å². The molecule has 6 heteroatoms. The van der Waals surface area contributed by atoms with Crippen molar-refractivity contribution in [3.05, 3.63) is 60.3 Å². The number of carboxylic acids is 1. The molecule has 0 unspecified atom stereocenters. The zero-order chi connectivity index (χ0) is 15.5. The Morgan fingerprint density at radius 2 is 1.91 bits per heavy atom. The third-order valence-corrected chi connectivity index (χ3v) is 3.22. The fourth-order valence-corrected chi connectivity index (χ4v) is 2.20. The van der Waals surface area contributed by atoms with Crippen molar-refractivity contribution in [3.63, 3.8) is 0 Å². The quantitative estimate of drug-likeness (QED) is 0.800. The van der Waals surface area contributed by atoms with Gasteiger partial charge in [0.2, 0.25) is 0 Å². The molecule has 110 valence electrons. The molecule has 0 bridgehead atoms. The molecule has 0 amide bonds. The molecule has 2 aromatic carbocycles. The number of nitrogens with zero attached hydrogens (tertiary/aromatic N) is 3. The van der Waals surface area contributed by atoms with Crippen LogP contribution in [0.4, 0.5) is 0 Å². The van der Waals surface area contributed by atoms with Crippen LogP contribution in [0.5, 0.6) is 5.75 Å². The molecular formula is C16H13N3O3. The Morgan fingerprint density at radius 3 is 2.59 bits per heavy atom. The van der Waals surface area contributed by atoms with Crippen LogP contribution in [0.3, 0.4) is 0 Å². The van der Waals surface area contributed by atoms with Crippen LogP contribution in [0.15, 0.2) is 54.6 Å². The van der Waals surface area contributed by atoms with E-state index in [9.17, 15) is 9.90 Å². The molecule has 1 N–H and O–H groups in total. The number of benzene rings is 2. The van der Waals surface area contributed by atoms with Crippen molar-refractivity contribution in [1.29, 1.82) is 0 Å². The summed E-state index contributed by atoms with van der Waals surface area (Å²) >= 11 is 0. The third kappa shape index (κ3) is 2.42. The summed E-state index contributed by atoms with van der Waals surface area (Å²) < 4.78 is 6.70. The number of aromatic nitrogens is 3. The van der Waals surface area contributed by atoms with Gasteiger partial charge in [0.25, 0.3) is 0 Å². The second kappa shape index (κ2) is 5.69. The van der Waals surface area contributed by atoms with E-state index in [2.05, 4.69) is 10.3 Å². The van der Waals surface area contributed by atoms with Crippen LogP contribution in [0.2, 0.25) is 0 Å². The van der Waals surface area contributed by atoms with E-state index in [1.807, 2.05) is 42.5 Å². The van der Waals surface area contributed by atoms with Crippen LogP contribution in [0.1, 0.15) is 10.5 Å². The Kier molecular flexibility index (Phi) is 3.57. The van der Waals surface area contributed by atoms with E-state index >= 15 is 0 Å². The molecule has 1 aromatic heterocycles. The van der Waals surface area contributed by atoms with Gasteiger partial charge in [0.15, 0.2) is 5.69 Å². The SMILES string of the molecule is COc1cccc(-n2nnc(C(=O)O)c2-c2ccccc2)c1. The largest absolute Gasteiger partial charge is 0.497 e. The first-order valence-corrected chi connectivity index (χ1v) is 6.59. The van der Waals surface area contributed by atoms with Gasteiger partial charge in [-0.25, -0.2) is 9.48 Å². The van der Waals surface area contributed by atoms with E-state index in [0.717, 1.165) is 5.56 Å². The summed E-state index contributed by atoms with van der Waals surface area (Å²) in [6, 6.07) is 16.4. The molecule has 3 aromatic rings. The lowest BCUT2D eigenvalue weighted by Crippen LogP contribution is -2.03. The monoisotopic (exact) mass is 295 g/mol. The van der Waals surface area contributed by atoms with E-state index in [1.54, 1.807) is 19.2 Å². The lowest BCUT2D eigenvalue weighted by Gasteiger charge is -2.08. The normalized spacial score (nSPS) is 10.4. The Balaban J connectivity index is 2.22. The van der Waals surface area contributed by atoms with Crippen molar-refractivity contribution in [2.45, 2.75) is 0 Å². The average Bonchev–Trinajstić information content (AvgIpc) is 3.01. The molecule has 0 radical (unpaired) electrons. The smallest absolute Gasteiger partial charge is 0.358 e. The number of hydrogen-bond donors (Lipinski definition) is 1. The van der Waals surface area contributed by atoms with Gasteiger partial charge in [-0.05, 0) is 12.1 Å². The molecular weight excluding hydrogens is 282 g/mol. The fraction of sp³-hybridized carbons (Fsp3) is 0.0625. The lowest BCUT2D eigenvalue weighted by atomic mass is 10.1. The van der Waals surface area contributed by atoms with E-state index in [4.69, 9.17) is 4.74 Å². The van der Waals surface area contributed by atoms with Crippen molar-refractivity contribution in [2.75, 3.05) is 7.11 Å². The minimum Gasteiger partial charge on any atom is -0.497 e. The maximum absolute atomic E-state index is 11.4. The molecule has 22 heavy (non-hydrogen) atoms. The summed E-state index contributed by atoms with van der Waals surface area (Å²) in [7, 11) is 1.57. The van der Waals surface area contributed by atoms with E-state index in [0.29, 0.717) is 17.1 Å². The average molecular weight is 295 g/mol. The van der Waals surface area contributed by atoms with Gasteiger partial charge in [-0.1, -0.05) is 41.6 Å². The molecule has 6 nitrogen and oxygen atoms in total. The highest BCUT2D eigenvalue weighted by atomic mass is 16.5. The van der Waals surface area contributed by atoms with Crippen molar-refractivity contribution in [1.82, 2.24) is 15.0 Å². The fourth-order valence-electron chi connectivity index (χ4n) is 2.20. The first-order chi connectivity index (χ1) is 10.7. The van der Waals surface area contributed by atoms with Crippen molar-refractivity contribution in [3.8, 4) is 22.7 Å². The maximum atomic E-state index is 11.4. The van der Waals surface area contributed by atoms with E-state index in [-0.39, 0.29) is 5.69 Å². The molecule has 0 spiro atoms. The van der Waals surface area contributed by atoms with Crippen LogP contribution >= 0.6 is 0 Å². The van der Waals surface area contributed by atoms with Gasteiger partial charge in [-0.15, -0.1) is 5.10 Å². The molecule has 0 atom stereocenters. The first-order valence-electron chi connectivity index (χ1n) is 6.59. The molecule has 0 aliphatic rings. The number of ether oxygens (including phenoxy) is 1. The van der Waals surface area contributed by atoms with Crippen LogP contribution in [-0.4, -0.2) is 33.2 Å². The van der Waals surface area contributed by atoms with Crippen molar-refractivity contribution in [2.24, 2.45) is 0 Å². The zero-order valence-corrected chi connectivity index (χ0v) is 11.8. The lowest BCUT2D eigenvalue weighted by molar-refractivity contribution is 0.0691. The van der Waals surface area contributed by atoms with Gasteiger partial charge in [-0.3, -0.25) is 0 Å². The second-order valence-electron chi connectivity index (χ2n) is 4.57. The summed E-state index contributed by atoms with van der Waals surface area (Å²) in [5.41, 5.74) is 1.75. The number of rotatable bonds is 4. The molecule has 3 rings (SSSR count). The summed E-state index contributed by atoms with van der Waals surface area (Å²) in [5.74, 6) is -0.461. The van der Waals surface area contributed by atoms with Gasteiger partial charge < -0.3 is 9.84 Å². The van der Waals surface area contributed by atoms with E-state index < -0.39 is 5.97 Å². The molecule has 0 saturated heterocycles.